The highest BCUT2D eigenvalue weighted by molar-refractivity contribution is 7.92. The van der Waals surface area contributed by atoms with Crippen LogP contribution in [0.5, 0.6) is 11.6 Å². The van der Waals surface area contributed by atoms with Crippen LogP contribution in [0.2, 0.25) is 0 Å². The van der Waals surface area contributed by atoms with Crippen LogP contribution in [0.3, 0.4) is 0 Å². The smallest absolute Gasteiger partial charge is 0.235 e. The number of aromatic nitrogens is 3. The van der Waals surface area contributed by atoms with Crippen molar-refractivity contribution in [2.75, 3.05) is 10.5 Å². The fraction of sp³-hybridized carbons (Fsp3) is 0.125. The molecule has 0 amide bonds. The minimum absolute atomic E-state index is 0.0310. The van der Waals surface area contributed by atoms with Crippen molar-refractivity contribution in [1.29, 1.82) is 0 Å². The fourth-order valence-electron chi connectivity index (χ4n) is 2.49. The van der Waals surface area contributed by atoms with Gasteiger partial charge in [0.25, 0.3) is 0 Å². The van der Waals surface area contributed by atoms with Gasteiger partial charge in [-0.25, -0.2) is 18.1 Å². The summed E-state index contributed by atoms with van der Waals surface area (Å²) >= 11 is 0. The molecule has 0 saturated carbocycles. The van der Waals surface area contributed by atoms with E-state index in [0.29, 0.717) is 29.6 Å². The van der Waals surface area contributed by atoms with Gasteiger partial charge in [0, 0.05) is 23.4 Å². The maximum absolute atomic E-state index is 11.8. The number of rotatable bonds is 3. The van der Waals surface area contributed by atoms with Gasteiger partial charge in [0.1, 0.15) is 11.6 Å². The van der Waals surface area contributed by atoms with Gasteiger partial charge in [0.2, 0.25) is 15.9 Å². The molecule has 0 bridgehead atoms. The van der Waals surface area contributed by atoms with Crippen molar-refractivity contribution in [1.82, 2.24) is 14.8 Å². The van der Waals surface area contributed by atoms with Gasteiger partial charge < -0.3 is 4.74 Å². The quantitative estimate of drug-likeness (QED) is 0.790. The molecule has 24 heavy (non-hydrogen) atoms. The van der Waals surface area contributed by atoms with E-state index in [0.717, 1.165) is 5.56 Å². The number of para-hydroxylation sites is 1. The second-order valence-corrected chi connectivity index (χ2v) is 7.19. The van der Waals surface area contributed by atoms with Crippen LogP contribution >= 0.6 is 0 Å². The number of aryl methyl sites for hydroxylation is 1. The highest BCUT2D eigenvalue weighted by Crippen LogP contribution is 2.31. The molecule has 2 aromatic heterocycles. The lowest BCUT2D eigenvalue weighted by Crippen LogP contribution is -2.28. The fourth-order valence-corrected chi connectivity index (χ4v) is 3.51. The number of anilines is 1. The Morgan fingerprint density at radius 2 is 1.92 bits per heavy atom. The first-order chi connectivity index (χ1) is 11.6. The lowest BCUT2D eigenvalue weighted by molar-refractivity contribution is 0.463. The van der Waals surface area contributed by atoms with Gasteiger partial charge in [-0.05, 0) is 18.2 Å². The monoisotopic (exact) mass is 342 g/mol. The lowest BCUT2D eigenvalue weighted by atomic mass is 10.1. The molecule has 0 atom stereocenters. The van der Waals surface area contributed by atoms with Crippen LogP contribution in [0.4, 0.5) is 5.82 Å². The number of hydrogen-bond donors (Lipinski definition) is 1. The minimum Gasteiger partial charge on any atom is -0.439 e. The Balaban J connectivity index is 1.61. The van der Waals surface area contributed by atoms with Gasteiger partial charge in [0.05, 0.1) is 18.5 Å². The van der Waals surface area contributed by atoms with E-state index in [4.69, 9.17) is 4.74 Å². The second-order valence-electron chi connectivity index (χ2n) is 5.35. The zero-order valence-corrected chi connectivity index (χ0v) is 13.4. The number of benzene rings is 1. The zero-order valence-electron chi connectivity index (χ0n) is 12.6. The third-order valence-electron chi connectivity index (χ3n) is 3.68. The minimum atomic E-state index is -3.30. The van der Waals surface area contributed by atoms with Crippen LogP contribution < -0.4 is 9.46 Å². The summed E-state index contributed by atoms with van der Waals surface area (Å²) in [5.41, 5.74) is 1.46. The van der Waals surface area contributed by atoms with Crippen molar-refractivity contribution in [3.8, 4) is 22.8 Å². The molecular formula is C16H14N4O3S. The molecule has 0 spiro atoms. The van der Waals surface area contributed by atoms with Gasteiger partial charge in [-0.1, -0.05) is 18.2 Å². The second kappa shape index (κ2) is 5.64. The third kappa shape index (κ3) is 2.83. The normalized spacial score (nSPS) is 15.3. The molecule has 0 fully saturated rings. The maximum Gasteiger partial charge on any atom is 0.235 e. The first kappa shape index (κ1) is 14.7. The topological polar surface area (TPSA) is 86.1 Å². The summed E-state index contributed by atoms with van der Waals surface area (Å²) in [4.78, 5) is 4.28. The van der Waals surface area contributed by atoms with Crippen LogP contribution in [-0.2, 0) is 16.6 Å². The van der Waals surface area contributed by atoms with Crippen LogP contribution in [0.15, 0.2) is 54.9 Å². The molecule has 3 heterocycles. The Labute approximate surface area is 139 Å². The molecule has 1 N–H and O–H groups in total. The molecule has 8 heteroatoms. The summed E-state index contributed by atoms with van der Waals surface area (Å²) in [6, 6.07) is 12.9. The summed E-state index contributed by atoms with van der Waals surface area (Å²) in [5, 5.41) is 4.22. The molecule has 3 aromatic rings. The lowest BCUT2D eigenvalue weighted by Gasteiger charge is -2.17. The van der Waals surface area contributed by atoms with Gasteiger partial charge in [-0.15, -0.1) is 0 Å². The summed E-state index contributed by atoms with van der Waals surface area (Å²) in [6.07, 6.45) is 3.27. The number of hydrogen-bond acceptors (Lipinski definition) is 5. The maximum atomic E-state index is 11.8. The van der Waals surface area contributed by atoms with Gasteiger partial charge in [-0.3, -0.25) is 4.72 Å². The molecular weight excluding hydrogens is 328 g/mol. The average Bonchev–Trinajstić information content (AvgIpc) is 2.98. The Morgan fingerprint density at radius 3 is 2.67 bits per heavy atom. The predicted molar refractivity (Wildman–Crippen MR) is 89.4 cm³/mol. The molecule has 7 nitrogen and oxygen atoms in total. The number of fused-ring (bicyclic) bond motifs is 1. The molecule has 0 radical (unpaired) electrons. The highest BCUT2D eigenvalue weighted by atomic mass is 32.2. The predicted octanol–water partition coefficient (Wildman–Crippen LogP) is 2.49. The van der Waals surface area contributed by atoms with Crippen molar-refractivity contribution < 1.29 is 13.2 Å². The number of nitrogens with zero attached hydrogens (tertiary/aromatic N) is 3. The number of sulfonamides is 1. The van der Waals surface area contributed by atoms with Crippen LogP contribution in [0, 0.1) is 0 Å². The van der Waals surface area contributed by atoms with Crippen molar-refractivity contribution in [3.63, 3.8) is 0 Å². The summed E-state index contributed by atoms with van der Waals surface area (Å²) in [5.74, 6) is 1.67. The molecule has 4 rings (SSSR count). The van der Waals surface area contributed by atoms with Crippen molar-refractivity contribution >= 4 is 15.8 Å². The molecule has 0 saturated heterocycles. The van der Waals surface area contributed by atoms with Crippen LogP contribution in [-0.4, -0.2) is 28.9 Å². The highest BCUT2D eigenvalue weighted by Gasteiger charge is 2.24. The number of pyridine rings is 1. The zero-order chi connectivity index (χ0) is 16.6. The van der Waals surface area contributed by atoms with Gasteiger partial charge in [-0.2, -0.15) is 5.10 Å². The summed E-state index contributed by atoms with van der Waals surface area (Å²) < 4.78 is 33.4. The van der Waals surface area contributed by atoms with E-state index >= 15 is 0 Å². The molecule has 1 aliphatic rings. The Kier molecular flexibility index (Phi) is 3.46. The Hall–Kier alpha value is -2.87. The third-order valence-corrected chi connectivity index (χ3v) is 4.90. The van der Waals surface area contributed by atoms with Crippen LogP contribution in [0.1, 0.15) is 0 Å². The van der Waals surface area contributed by atoms with Crippen LogP contribution in [0.25, 0.3) is 11.1 Å². The molecule has 122 valence electrons. The van der Waals surface area contributed by atoms with Gasteiger partial charge >= 0.3 is 0 Å². The van der Waals surface area contributed by atoms with E-state index in [2.05, 4.69) is 14.8 Å². The largest absolute Gasteiger partial charge is 0.439 e. The van der Waals surface area contributed by atoms with E-state index < -0.39 is 10.0 Å². The summed E-state index contributed by atoms with van der Waals surface area (Å²) in [7, 11) is -3.30. The van der Waals surface area contributed by atoms with E-state index in [-0.39, 0.29) is 5.75 Å². The SMILES string of the molecule is O=S1(=O)CCn2ncc(-c3ccc(Oc4ccccc4)nc3)c2N1. The number of ether oxygens (including phenoxy) is 1. The van der Waals surface area contributed by atoms with E-state index in [1.807, 2.05) is 36.4 Å². The van der Waals surface area contributed by atoms with Gasteiger partial charge in [0.15, 0.2) is 0 Å². The Morgan fingerprint density at radius 1 is 1.08 bits per heavy atom. The number of nitrogens with one attached hydrogen (secondary N) is 1. The van der Waals surface area contributed by atoms with Crippen molar-refractivity contribution in [2.45, 2.75) is 6.54 Å². The van der Waals surface area contributed by atoms with Crippen molar-refractivity contribution in [3.05, 3.63) is 54.9 Å². The van der Waals surface area contributed by atoms with Crippen molar-refractivity contribution in [2.24, 2.45) is 0 Å². The summed E-state index contributed by atoms with van der Waals surface area (Å²) in [6.45, 7) is 0.341. The van der Waals surface area contributed by atoms with E-state index in [9.17, 15) is 8.42 Å². The molecule has 0 aliphatic carbocycles. The average molecular weight is 342 g/mol. The Bertz CT molecular complexity index is 966. The van der Waals surface area contributed by atoms with E-state index in [1.165, 1.54) is 0 Å². The van der Waals surface area contributed by atoms with E-state index in [1.54, 1.807) is 23.1 Å². The molecule has 1 aromatic carbocycles. The standard InChI is InChI=1S/C16H14N4O3S/c21-24(22)9-8-20-16(19-24)14(11-18-20)12-6-7-15(17-10-12)23-13-4-2-1-3-5-13/h1-7,10-11,19H,8-9H2. The first-order valence-electron chi connectivity index (χ1n) is 7.36. The molecule has 0 unspecified atom stereocenters. The first-order valence-corrected chi connectivity index (χ1v) is 9.02. The molecule has 1 aliphatic heterocycles.